The van der Waals surface area contributed by atoms with E-state index in [2.05, 4.69) is 34.4 Å². The van der Waals surface area contributed by atoms with Crippen molar-refractivity contribution in [2.24, 2.45) is 5.73 Å². The highest BCUT2D eigenvalue weighted by Crippen LogP contribution is 2.40. The number of fused-ring (bicyclic) bond motifs is 1. The SMILES string of the molecule is CN1Cc2cc(Nc3ncc(Cl)c(-n4cc(C(N)=O)c5ccccc54)n3)cc3c2C(CCC3)C1. The Hall–Kier alpha value is -3.42. The highest BCUT2D eigenvalue weighted by molar-refractivity contribution is 6.32. The number of halogens is 1. The summed E-state index contributed by atoms with van der Waals surface area (Å²) >= 11 is 6.51. The molecule has 1 amide bonds. The van der Waals surface area contributed by atoms with Gasteiger partial charge in [0.25, 0.3) is 5.91 Å². The molecule has 1 aliphatic heterocycles. The molecule has 1 unspecified atom stereocenters. The molecule has 8 heteroatoms. The molecule has 2 aliphatic rings. The first-order valence-electron chi connectivity index (χ1n) is 11.5. The standard InChI is InChI=1S/C26H25ClN6O/c1-32-12-16-6-4-5-15-9-18(10-17(13-32)23(15)16)30-26-29-11-21(27)25(31-26)33-14-20(24(28)34)19-7-2-3-8-22(19)33/h2-3,7-11,14,16H,4-6,12-13H2,1H3,(H2,28,34)(H,29,30,31). The summed E-state index contributed by atoms with van der Waals surface area (Å²) in [6, 6.07) is 12.0. The van der Waals surface area contributed by atoms with Crippen LogP contribution < -0.4 is 11.1 Å². The molecule has 7 nitrogen and oxygen atoms in total. The molecule has 0 fully saturated rings. The van der Waals surface area contributed by atoms with Crippen LogP contribution in [0.3, 0.4) is 0 Å². The fourth-order valence-electron chi connectivity index (χ4n) is 5.58. The Bertz CT molecular complexity index is 1450. The smallest absolute Gasteiger partial charge is 0.250 e. The van der Waals surface area contributed by atoms with Crippen LogP contribution in [0, 0.1) is 0 Å². The summed E-state index contributed by atoms with van der Waals surface area (Å²) < 4.78 is 1.79. The number of hydrogen-bond donors (Lipinski definition) is 2. The van der Waals surface area contributed by atoms with Crippen molar-refractivity contribution in [1.29, 1.82) is 0 Å². The molecule has 6 rings (SSSR count). The molecule has 4 aromatic rings. The van der Waals surface area contributed by atoms with Gasteiger partial charge >= 0.3 is 0 Å². The second-order valence-corrected chi connectivity index (χ2v) is 9.69. The zero-order chi connectivity index (χ0) is 23.4. The first kappa shape index (κ1) is 21.1. The molecule has 0 spiro atoms. The zero-order valence-electron chi connectivity index (χ0n) is 18.9. The second-order valence-electron chi connectivity index (χ2n) is 9.28. The van der Waals surface area contributed by atoms with Gasteiger partial charge in [0.15, 0.2) is 5.82 Å². The van der Waals surface area contributed by atoms with Crippen LogP contribution in [0.25, 0.3) is 16.7 Å². The lowest BCUT2D eigenvalue weighted by molar-refractivity contribution is 0.100. The van der Waals surface area contributed by atoms with Crippen LogP contribution in [0.5, 0.6) is 0 Å². The second kappa shape index (κ2) is 8.11. The molecule has 0 radical (unpaired) electrons. The van der Waals surface area contributed by atoms with Gasteiger partial charge < -0.3 is 16.0 Å². The van der Waals surface area contributed by atoms with E-state index in [1.165, 1.54) is 24.0 Å². The van der Waals surface area contributed by atoms with Gasteiger partial charge in [-0.3, -0.25) is 9.36 Å². The van der Waals surface area contributed by atoms with Crippen LogP contribution in [-0.2, 0) is 13.0 Å². The third-order valence-corrected chi connectivity index (χ3v) is 7.18. The Labute approximate surface area is 202 Å². The molecular weight excluding hydrogens is 448 g/mol. The van der Waals surface area contributed by atoms with E-state index >= 15 is 0 Å². The summed E-state index contributed by atoms with van der Waals surface area (Å²) in [5.41, 5.74) is 12.2. The Balaban J connectivity index is 1.40. The predicted octanol–water partition coefficient (Wildman–Crippen LogP) is 4.78. The molecular formula is C26H25ClN6O. The number of nitrogens with one attached hydrogen (secondary N) is 1. The van der Waals surface area contributed by atoms with Gasteiger partial charge in [0.05, 0.1) is 17.3 Å². The number of aromatic nitrogens is 3. The maximum Gasteiger partial charge on any atom is 0.250 e. The molecule has 3 N–H and O–H groups in total. The molecule has 0 saturated carbocycles. The van der Waals surface area contributed by atoms with E-state index in [-0.39, 0.29) is 0 Å². The van der Waals surface area contributed by atoms with Gasteiger partial charge in [-0.15, -0.1) is 0 Å². The fraction of sp³-hybridized carbons (Fsp3) is 0.269. The third kappa shape index (κ3) is 3.52. The number of nitrogens with two attached hydrogens (primary N) is 1. The van der Waals surface area contributed by atoms with Crippen molar-refractivity contribution in [2.75, 3.05) is 18.9 Å². The molecule has 2 aromatic carbocycles. The van der Waals surface area contributed by atoms with Crippen LogP contribution in [0.1, 0.15) is 45.8 Å². The summed E-state index contributed by atoms with van der Waals surface area (Å²) in [6.45, 7) is 2.08. The van der Waals surface area contributed by atoms with Crippen LogP contribution >= 0.6 is 11.6 Å². The largest absolute Gasteiger partial charge is 0.366 e. The summed E-state index contributed by atoms with van der Waals surface area (Å²) in [7, 11) is 2.19. The Kier molecular flexibility index (Phi) is 5.04. The van der Waals surface area contributed by atoms with Crippen molar-refractivity contribution >= 4 is 40.0 Å². The lowest BCUT2D eigenvalue weighted by Crippen LogP contribution is -2.33. The molecule has 172 valence electrons. The molecule has 0 bridgehead atoms. The molecule has 0 saturated heterocycles. The average Bonchev–Trinajstić information content (AvgIpc) is 3.20. The first-order valence-corrected chi connectivity index (χ1v) is 11.9. The number of aryl methyl sites for hydroxylation is 1. The lowest BCUT2D eigenvalue weighted by atomic mass is 9.77. The highest BCUT2D eigenvalue weighted by Gasteiger charge is 2.29. The number of para-hydroxylation sites is 1. The number of likely N-dealkylation sites (N-methyl/N-ethyl adjacent to an activating group) is 1. The number of anilines is 2. The number of benzene rings is 2. The first-order chi connectivity index (χ1) is 16.5. The molecule has 2 aromatic heterocycles. The van der Waals surface area contributed by atoms with Crippen molar-refractivity contribution in [3.63, 3.8) is 0 Å². The molecule has 1 aliphatic carbocycles. The molecule has 1 atom stereocenters. The van der Waals surface area contributed by atoms with Gasteiger partial charge in [-0.05, 0) is 67.1 Å². The van der Waals surface area contributed by atoms with E-state index in [1.54, 1.807) is 22.5 Å². The Morgan fingerprint density at radius 2 is 2.06 bits per heavy atom. The van der Waals surface area contributed by atoms with E-state index in [9.17, 15) is 4.79 Å². The number of hydrogen-bond acceptors (Lipinski definition) is 5. The van der Waals surface area contributed by atoms with Crippen LogP contribution in [0.15, 0.2) is 48.8 Å². The van der Waals surface area contributed by atoms with E-state index < -0.39 is 5.91 Å². The number of amides is 1. The monoisotopic (exact) mass is 472 g/mol. The average molecular weight is 473 g/mol. The Morgan fingerprint density at radius 3 is 2.91 bits per heavy atom. The van der Waals surface area contributed by atoms with Crippen LogP contribution in [-0.4, -0.2) is 38.9 Å². The molecule has 34 heavy (non-hydrogen) atoms. The van der Waals surface area contributed by atoms with Gasteiger partial charge in [-0.1, -0.05) is 29.8 Å². The van der Waals surface area contributed by atoms with E-state index in [0.29, 0.717) is 28.3 Å². The number of nitrogens with zero attached hydrogens (tertiary/aromatic N) is 4. The van der Waals surface area contributed by atoms with Crippen LogP contribution in [0.4, 0.5) is 11.6 Å². The van der Waals surface area contributed by atoms with Gasteiger partial charge in [0.2, 0.25) is 5.95 Å². The maximum absolute atomic E-state index is 12.0. The number of primary amides is 1. The summed E-state index contributed by atoms with van der Waals surface area (Å²) in [5, 5.41) is 4.53. The van der Waals surface area contributed by atoms with Gasteiger partial charge in [0.1, 0.15) is 5.02 Å². The van der Waals surface area contributed by atoms with E-state index in [4.69, 9.17) is 22.3 Å². The van der Waals surface area contributed by atoms with Crippen LogP contribution in [0.2, 0.25) is 5.02 Å². The predicted molar refractivity (Wildman–Crippen MR) is 134 cm³/mol. The maximum atomic E-state index is 12.0. The van der Waals surface area contributed by atoms with E-state index in [0.717, 1.165) is 36.1 Å². The van der Waals surface area contributed by atoms with Gasteiger partial charge in [-0.2, -0.15) is 4.98 Å². The topological polar surface area (TPSA) is 89.1 Å². The van der Waals surface area contributed by atoms with Crippen molar-refractivity contribution in [2.45, 2.75) is 31.7 Å². The zero-order valence-corrected chi connectivity index (χ0v) is 19.6. The number of carbonyl (C=O) groups excluding carboxylic acids is 1. The van der Waals surface area contributed by atoms with Gasteiger partial charge in [-0.25, -0.2) is 4.98 Å². The minimum atomic E-state index is -0.496. The minimum Gasteiger partial charge on any atom is -0.366 e. The number of carbonyl (C=O) groups is 1. The van der Waals surface area contributed by atoms with Crippen molar-refractivity contribution in [3.8, 4) is 5.82 Å². The molecule has 3 heterocycles. The van der Waals surface area contributed by atoms with Crippen molar-refractivity contribution in [1.82, 2.24) is 19.4 Å². The fourth-order valence-corrected chi connectivity index (χ4v) is 5.76. The van der Waals surface area contributed by atoms with Crippen molar-refractivity contribution in [3.05, 3.63) is 76.1 Å². The summed E-state index contributed by atoms with van der Waals surface area (Å²) in [4.78, 5) is 23.5. The normalized spacial score (nSPS) is 17.5. The summed E-state index contributed by atoms with van der Waals surface area (Å²) in [5.74, 6) is 1.07. The van der Waals surface area contributed by atoms with E-state index in [1.807, 2.05) is 24.3 Å². The summed E-state index contributed by atoms with van der Waals surface area (Å²) in [6.07, 6.45) is 6.86. The van der Waals surface area contributed by atoms with Crippen molar-refractivity contribution < 1.29 is 4.79 Å². The number of rotatable bonds is 4. The lowest BCUT2D eigenvalue weighted by Gasteiger charge is -2.37. The highest BCUT2D eigenvalue weighted by atomic mass is 35.5. The van der Waals surface area contributed by atoms with Gasteiger partial charge in [0, 0.05) is 30.4 Å². The Morgan fingerprint density at radius 1 is 1.24 bits per heavy atom. The third-order valence-electron chi connectivity index (χ3n) is 6.92. The quantitative estimate of drug-likeness (QED) is 0.446. The minimum absolute atomic E-state index is 0.382.